The van der Waals surface area contributed by atoms with Gasteiger partial charge in [-0.2, -0.15) is 5.26 Å². The molecule has 2 aromatic rings. The Hall–Kier alpha value is -2.97. The number of aryl methyl sites for hydroxylation is 2. The van der Waals surface area contributed by atoms with Gasteiger partial charge in [0.15, 0.2) is 17.6 Å². The Morgan fingerprint density at radius 1 is 1.19 bits per heavy atom. The number of carbonyl (C=O) groups is 1. The summed E-state index contributed by atoms with van der Waals surface area (Å²) in [5.41, 5.74) is 2.49. The standard InChI is InChI=1S/C21H20ClNO4/c1-13-10-17(11-14(2)20(13)22)26-15(3)21(24)27-18-8-7-16(6-5-9-23)12-19(18)25-4/h5-8,10-12,15H,1-4H3/b6-5-. The first-order valence-electron chi connectivity index (χ1n) is 8.25. The molecule has 0 saturated carbocycles. The summed E-state index contributed by atoms with van der Waals surface area (Å²) in [7, 11) is 1.48. The van der Waals surface area contributed by atoms with Crippen LogP contribution in [0.2, 0.25) is 5.02 Å². The third-order valence-corrected chi connectivity index (χ3v) is 4.40. The fraction of sp³-hybridized carbons (Fsp3) is 0.238. The molecule has 0 aliphatic rings. The summed E-state index contributed by atoms with van der Waals surface area (Å²) in [6.45, 7) is 5.36. The van der Waals surface area contributed by atoms with Crippen molar-refractivity contribution >= 4 is 23.6 Å². The topological polar surface area (TPSA) is 68.5 Å². The van der Waals surface area contributed by atoms with E-state index in [1.165, 1.54) is 13.2 Å². The van der Waals surface area contributed by atoms with E-state index in [1.54, 1.807) is 43.3 Å². The van der Waals surface area contributed by atoms with Crippen LogP contribution in [-0.2, 0) is 4.79 Å². The highest BCUT2D eigenvalue weighted by atomic mass is 35.5. The Labute approximate surface area is 163 Å². The van der Waals surface area contributed by atoms with Gasteiger partial charge in [-0.05, 0) is 67.8 Å². The SMILES string of the molecule is COc1cc(/C=C\C#N)ccc1OC(=O)C(C)Oc1cc(C)c(Cl)c(C)c1. The number of nitrogens with zero attached hydrogens (tertiary/aromatic N) is 1. The van der Waals surface area contributed by atoms with Gasteiger partial charge in [0.25, 0.3) is 0 Å². The molecule has 0 radical (unpaired) electrons. The molecule has 0 aliphatic carbocycles. The number of allylic oxidation sites excluding steroid dienone is 1. The lowest BCUT2D eigenvalue weighted by molar-refractivity contribution is -0.141. The molecule has 0 saturated heterocycles. The zero-order valence-corrected chi connectivity index (χ0v) is 16.3. The summed E-state index contributed by atoms with van der Waals surface area (Å²) in [5.74, 6) is 0.644. The molecule has 6 heteroatoms. The largest absolute Gasteiger partial charge is 0.493 e. The summed E-state index contributed by atoms with van der Waals surface area (Å²) < 4.78 is 16.4. The molecule has 5 nitrogen and oxygen atoms in total. The summed E-state index contributed by atoms with van der Waals surface area (Å²) in [5, 5.41) is 9.27. The highest BCUT2D eigenvalue weighted by Crippen LogP contribution is 2.30. The predicted molar refractivity (Wildman–Crippen MR) is 104 cm³/mol. The number of methoxy groups -OCH3 is 1. The molecule has 0 N–H and O–H groups in total. The minimum Gasteiger partial charge on any atom is -0.493 e. The van der Waals surface area contributed by atoms with Gasteiger partial charge in [0.1, 0.15) is 5.75 Å². The third-order valence-electron chi connectivity index (χ3n) is 3.80. The summed E-state index contributed by atoms with van der Waals surface area (Å²) >= 11 is 6.15. The maximum atomic E-state index is 12.4. The Morgan fingerprint density at radius 3 is 2.44 bits per heavy atom. The molecule has 0 fully saturated rings. The van der Waals surface area contributed by atoms with Crippen molar-refractivity contribution in [1.29, 1.82) is 5.26 Å². The predicted octanol–water partition coefficient (Wildman–Crippen LogP) is 4.88. The van der Waals surface area contributed by atoms with E-state index in [1.807, 2.05) is 19.9 Å². The number of ether oxygens (including phenoxy) is 3. The maximum absolute atomic E-state index is 12.4. The Kier molecular flexibility index (Phi) is 6.86. The maximum Gasteiger partial charge on any atom is 0.352 e. The number of benzene rings is 2. The van der Waals surface area contributed by atoms with Crippen LogP contribution in [0, 0.1) is 25.2 Å². The number of esters is 1. The zero-order chi connectivity index (χ0) is 20.0. The molecule has 27 heavy (non-hydrogen) atoms. The Balaban J connectivity index is 2.12. The first-order valence-corrected chi connectivity index (χ1v) is 8.62. The number of nitriles is 1. The van der Waals surface area contributed by atoms with Crippen LogP contribution in [0.4, 0.5) is 0 Å². The van der Waals surface area contributed by atoms with Gasteiger partial charge < -0.3 is 14.2 Å². The van der Waals surface area contributed by atoms with Gasteiger partial charge >= 0.3 is 5.97 Å². The Morgan fingerprint density at radius 2 is 1.85 bits per heavy atom. The van der Waals surface area contributed by atoms with Crippen LogP contribution in [-0.4, -0.2) is 19.2 Å². The quantitative estimate of drug-likeness (QED) is 0.403. The molecular weight excluding hydrogens is 366 g/mol. The molecule has 1 unspecified atom stereocenters. The van der Waals surface area contributed by atoms with Gasteiger partial charge in [0.2, 0.25) is 0 Å². The van der Waals surface area contributed by atoms with Crippen LogP contribution < -0.4 is 14.2 Å². The van der Waals surface area contributed by atoms with Gasteiger partial charge in [-0.25, -0.2) is 4.79 Å². The van der Waals surface area contributed by atoms with E-state index in [-0.39, 0.29) is 5.75 Å². The van der Waals surface area contributed by atoms with E-state index in [4.69, 9.17) is 31.1 Å². The van der Waals surface area contributed by atoms with E-state index >= 15 is 0 Å². The molecule has 140 valence electrons. The lowest BCUT2D eigenvalue weighted by atomic mass is 10.1. The van der Waals surface area contributed by atoms with E-state index in [0.717, 1.165) is 16.7 Å². The van der Waals surface area contributed by atoms with Gasteiger partial charge in [0.05, 0.1) is 13.2 Å². The average Bonchev–Trinajstić information content (AvgIpc) is 2.64. The smallest absolute Gasteiger partial charge is 0.352 e. The minimum atomic E-state index is -0.826. The van der Waals surface area contributed by atoms with Crippen molar-refractivity contribution in [2.24, 2.45) is 0 Å². The molecule has 2 rings (SSSR count). The fourth-order valence-electron chi connectivity index (χ4n) is 2.42. The highest BCUT2D eigenvalue weighted by Gasteiger charge is 2.20. The molecule has 0 heterocycles. The molecule has 0 aromatic heterocycles. The molecule has 0 amide bonds. The second-order valence-corrected chi connectivity index (χ2v) is 6.30. The molecule has 0 spiro atoms. The number of halogens is 1. The van der Waals surface area contributed by atoms with Crippen molar-refractivity contribution in [1.82, 2.24) is 0 Å². The van der Waals surface area contributed by atoms with Crippen molar-refractivity contribution in [3.63, 3.8) is 0 Å². The molecule has 0 bridgehead atoms. The van der Waals surface area contributed by atoms with Gasteiger partial charge in [0, 0.05) is 11.1 Å². The molecule has 2 aromatic carbocycles. The van der Waals surface area contributed by atoms with E-state index in [2.05, 4.69) is 0 Å². The summed E-state index contributed by atoms with van der Waals surface area (Å²) in [6, 6.07) is 10.5. The van der Waals surface area contributed by atoms with Gasteiger partial charge in [-0.3, -0.25) is 0 Å². The zero-order valence-electron chi connectivity index (χ0n) is 15.6. The van der Waals surface area contributed by atoms with Crippen LogP contribution in [0.25, 0.3) is 6.08 Å². The number of hydrogen-bond acceptors (Lipinski definition) is 5. The van der Waals surface area contributed by atoms with E-state index in [0.29, 0.717) is 16.5 Å². The first-order chi connectivity index (χ1) is 12.8. The van der Waals surface area contributed by atoms with E-state index < -0.39 is 12.1 Å². The van der Waals surface area contributed by atoms with Crippen molar-refractivity contribution < 1.29 is 19.0 Å². The van der Waals surface area contributed by atoms with Gasteiger partial charge in [-0.15, -0.1) is 0 Å². The third kappa shape index (κ3) is 5.25. The molecular formula is C21H20ClNO4. The molecule has 1 atom stereocenters. The normalized spacial score (nSPS) is 11.7. The highest BCUT2D eigenvalue weighted by molar-refractivity contribution is 6.32. The summed E-state index contributed by atoms with van der Waals surface area (Å²) in [4.78, 5) is 12.4. The second-order valence-electron chi connectivity index (χ2n) is 5.92. The number of rotatable bonds is 6. The molecule has 0 aliphatic heterocycles. The minimum absolute atomic E-state index is 0.274. The lowest BCUT2D eigenvalue weighted by Gasteiger charge is -2.16. The van der Waals surface area contributed by atoms with Crippen molar-refractivity contribution in [3.05, 3.63) is 58.1 Å². The fourth-order valence-corrected chi connectivity index (χ4v) is 2.53. The first kappa shape index (κ1) is 20.3. The monoisotopic (exact) mass is 385 g/mol. The van der Waals surface area contributed by atoms with Crippen LogP contribution in [0.3, 0.4) is 0 Å². The summed E-state index contributed by atoms with van der Waals surface area (Å²) in [6.07, 6.45) is 2.16. The van der Waals surface area contributed by atoms with Crippen LogP contribution in [0.1, 0.15) is 23.6 Å². The van der Waals surface area contributed by atoms with Crippen LogP contribution in [0.5, 0.6) is 17.2 Å². The van der Waals surface area contributed by atoms with Crippen molar-refractivity contribution in [3.8, 4) is 23.3 Å². The van der Waals surface area contributed by atoms with Crippen molar-refractivity contribution in [2.75, 3.05) is 7.11 Å². The average molecular weight is 386 g/mol. The van der Waals surface area contributed by atoms with E-state index in [9.17, 15) is 4.79 Å². The van der Waals surface area contributed by atoms with Crippen LogP contribution >= 0.6 is 11.6 Å². The number of carbonyl (C=O) groups excluding carboxylic acids is 1. The second kappa shape index (κ2) is 9.11. The number of hydrogen-bond donors (Lipinski definition) is 0. The Bertz CT molecular complexity index is 892. The van der Waals surface area contributed by atoms with Crippen LogP contribution in [0.15, 0.2) is 36.4 Å². The lowest BCUT2D eigenvalue weighted by Crippen LogP contribution is -2.28. The van der Waals surface area contributed by atoms with Crippen molar-refractivity contribution in [2.45, 2.75) is 26.9 Å². The van der Waals surface area contributed by atoms with Gasteiger partial charge in [-0.1, -0.05) is 17.7 Å².